The van der Waals surface area contributed by atoms with Crippen molar-refractivity contribution in [2.45, 2.75) is 18.5 Å². The molecule has 10 nitrogen and oxygen atoms in total. The third-order valence-corrected chi connectivity index (χ3v) is 5.38. The van der Waals surface area contributed by atoms with Gasteiger partial charge in [0.25, 0.3) is 5.91 Å². The van der Waals surface area contributed by atoms with E-state index in [0.29, 0.717) is 0 Å². The molecule has 3 aromatic rings. The molecule has 4 N–H and O–H groups in total. The van der Waals surface area contributed by atoms with Crippen molar-refractivity contribution in [1.82, 2.24) is 15.6 Å². The number of aliphatic hydroxyl groups excluding tert-OH is 1. The molecule has 1 unspecified atom stereocenters. The van der Waals surface area contributed by atoms with Gasteiger partial charge in [0.05, 0.1) is 13.2 Å². The maximum absolute atomic E-state index is 12.3. The fourth-order valence-electron chi connectivity index (χ4n) is 3.80. The fraction of sp³-hybridized carbons (Fsp3) is 0.217. The summed E-state index contributed by atoms with van der Waals surface area (Å²) in [7, 11) is 0. The van der Waals surface area contributed by atoms with Gasteiger partial charge in [-0.05, 0) is 22.3 Å². The Morgan fingerprint density at radius 3 is 2.30 bits per heavy atom. The number of nitrogens with one attached hydrogen (secondary N) is 2. The lowest BCUT2D eigenvalue weighted by Crippen LogP contribution is -2.43. The number of benzene rings is 2. The number of rotatable bonds is 8. The van der Waals surface area contributed by atoms with Crippen molar-refractivity contribution >= 4 is 18.0 Å². The average Bonchev–Trinajstić information content (AvgIpc) is 3.42. The van der Waals surface area contributed by atoms with Crippen molar-refractivity contribution in [3.05, 3.63) is 77.5 Å². The maximum Gasteiger partial charge on any atom is 0.407 e. The maximum atomic E-state index is 12.3. The Morgan fingerprint density at radius 1 is 1.06 bits per heavy atom. The van der Waals surface area contributed by atoms with Gasteiger partial charge in [0, 0.05) is 5.92 Å². The monoisotopic (exact) mass is 451 g/mol. The van der Waals surface area contributed by atoms with Crippen LogP contribution in [0.1, 0.15) is 33.3 Å². The number of fused-ring (bicyclic) bond motifs is 3. The van der Waals surface area contributed by atoms with Crippen molar-refractivity contribution in [3.8, 4) is 11.1 Å². The largest absolute Gasteiger partial charge is 0.480 e. The second-order valence-corrected chi connectivity index (χ2v) is 7.35. The molecule has 0 saturated heterocycles. The number of carboxylic acid groups (broad SMARTS) is 1. The molecule has 170 valence electrons. The predicted octanol–water partition coefficient (Wildman–Crippen LogP) is 1.89. The SMILES string of the molecule is O=C(NCc1ocnc1C(=O)NC(CO)C(=O)O)OCC1c2ccccc2-c2ccccc21. The molecule has 1 atom stereocenters. The molecular weight excluding hydrogens is 430 g/mol. The Labute approximate surface area is 188 Å². The molecule has 0 aliphatic heterocycles. The Bertz CT molecular complexity index is 1140. The lowest BCUT2D eigenvalue weighted by atomic mass is 9.98. The summed E-state index contributed by atoms with van der Waals surface area (Å²) in [6, 6.07) is 14.4. The van der Waals surface area contributed by atoms with E-state index in [-0.39, 0.29) is 30.5 Å². The predicted molar refractivity (Wildman–Crippen MR) is 114 cm³/mol. The van der Waals surface area contributed by atoms with Crippen LogP contribution in [-0.4, -0.2) is 52.4 Å². The summed E-state index contributed by atoms with van der Waals surface area (Å²) in [5.41, 5.74) is 4.19. The van der Waals surface area contributed by atoms with Crippen LogP contribution in [0, 0.1) is 0 Å². The zero-order valence-electron chi connectivity index (χ0n) is 17.4. The average molecular weight is 451 g/mol. The van der Waals surface area contributed by atoms with Crippen molar-refractivity contribution < 1.29 is 33.8 Å². The lowest BCUT2D eigenvalue weighted by Gasteiger charge is -2.14. The van der Waals surface area contributed by atoms with E-state index in [2.05, 4.69) is 15.6 Å². The van der Waals surface area contributed by atoms with E-state index in [1.807, 2.05) is 48.5 Å². The van der Waals surface area contributed by atoms with E-state index < -0.39 is 30.6 Å². The second-order valence-electron chi connectivity index (χ2n) is 7.35. The van der Waals surface area contributed by atoms with E-state index in [9.17, 15) is 14.4 Å². The van der Waals surface area contributed by atoms with Gasteiger partial charge in [0.2, 0.25) is 0 Å². The first-order valence-electron chi connectivity index (χ1n) is 10.1. The van der Waals surface area contributed by atoms with E-state index in [0.717, 1.165) is 28.6 Å². The highest BCUT2D eigenvalue weighted by Gasteiger charge is 2.29. The summed E-state index contributed by atoms with van der Waals surface area (Å²) < 4.78 is 10.6. The number of carbonyl (C=O) groups is 3. The van der Waals surface area contributed by atoms with Gasteiger partial charge < -0.3 is 30.0 Å². The topological polar surface area (TPSA) is 151 Å². The Hall–Kier alpha value is -4.18. The molecule has 0 fully saturated rings. The summed E-state index contributed by atoms with van der Waals surface area (Å²) >= 11 is 0. The summed E-state index contributed by atoms with van der Waals surface area (Å²) in [6.07, 6.45) is 0.289. The van der Waals surface area contributed by atoms with Crippen molar-refractivity contribution in [3.63, 3.8) is 0 Å². The number of carboxylic acids is 1. The summed E-state index contributed by atoms with van der Waals surface area (Å²) in [5, 5.41) is 22.6. The molecule has 0 spiro atoms. The number of nitrogens with zero attached hydrogens (tertiary/aromatic N) is 1. The third kappa shape index (κ3) is 4.55. The number of aliphatic hydroxyl groups is 1. The van der Waals surface area contributed by atoms with E-state index in [4.69, 9.17) is 19.4 Å². The van der Waals surface area contributed by atoms with Gasteiger partial charge in [-0.2, -0.15) is 0 Å². The number of amides is 2. The minimum Gasteiger partial charge on any atom is -0.480 e. The van der Waals surface area contributed by atoms with Crippen LogP contribution in [0.4, 0.5) is 4.79 Å². The van der Waals surface area contributed by atoms with E-state index in [1.165, 1.54) is 0 Å². The highest BCUT2D eigenvalue weighted by atomic mass is 16.5. The second kappa shape index (κ2) is 9.53. The summed E-state index contributed by atoms with van der Waals surface area (Å²) in [5.74, 6) is -2.33. The third-order valence-electron chi connectivity index (χ3n) is 5.38. The van der Waals surface area contributed by atoms with Crippen LogP contribution in [-0.2, 0) is 16.1 Å². The van der Waals surface area contributed by atoms with Crippen LogP contribution in [0.25, 0.3) is 11.1 Å². The first-order chi connectivity index (χ1) is 16.0. The van der Waals surface area contributed by atoms with E-state index in [1.54, 1.807) is 0 Å². The zero-order valence-corrected chi connectivity index (χ0v) is 17.4. The molecule has 0 radical (unpaired) electrons. The number of hydrogen-bond acceptors (Lipinski definition) is 7. The van der Waals surface area contributed by atoms with Crippen LogP contribution in [0.5, 0.6) is 0 Å². The number of aliphatic carboxylic acids is 1. The molecule has 2 amide bonds. The number of carbonyl (C=O) groups excluding carboxylic acids is 2. The summed E-state index contributed by atoms with van der Waals surface area (Å²) in [6.45, 7) is -0.858. The van der Waals surface area contributed by atoms with Crippen LogP contribution >= 0.6 is 0 Å². The number of alkyl carbamates (subject to hydrolysis) is 1. The smallest absolute Gasteiger partial charge is 0.407 e. The highest BCUT2D eigenvalue weighted by Crippen LogP contribution is 2.44. The van der Waals surface area contributed by atoms with Crippen LogP contribution < -0.4 is 10.6 Å². The normalized spacial score (nSPS) is 13.0. The zero-order chi connectivity index (χ0) is 23.4. The van der Waals surface area contributed by atoms with Gasteiger partial charge in [0.1, 0.15) is 6.61 Å². The number of oxazole rings is 1. The van der Waals surface area contributed by atoms with Crippen LogP contribution in [0.3, 0.4) is 0 Å². The molecule has 1 aromatic heterocycles. The van der Waals surface area contributed by atoms with Crippen LogP contribution in [0.15, 0.2) is 59.3 Å². The highest BCUT2D eigenvalue weighted by molar-refractivity contribution is 5.95. The van der Waals surface area contributed by atoms with E-state index >= 15 is 0 Å². The van der Waals surface area contributed by atoms with Gasteiger partial charge in [-0.25, -0.2) is 14.6 Å². The standard InChI is InChI=1S/C23H21N3O7/c27-10-18(22(29)30)26-21(28)20-19(33-12-25-20)9-24-23(31)32-11-17-15-7-3-1-5-13(15)14-6-2-4-8-16(14)17/h1-8,12,17-18,27H,9-11H2,(H,24,31)(H,26,28)(H,29,30). The van der Waals surface area contributed by atoms with Gasteiger partial charge in [-0.15, -0.1) is 0 Å². The minimum atomic E-state index is -1.49. The molecule has 1 aliphatic carbocycles. The fourth-order valence-corrected chi connectivity index (χ4v) is 3.80. The van der Waals surface area contributed by atoms with Gasteiger partial charge in [-0.1, -0.05) is 48.5 Å². The quantitative estimate of drug-likeness (QED) is 0.405. The molecular formula is C23H21N3O7. The van der Waals surface area contributed by atoms with Crippen LogP contribution in [0.2, 0.25) is 0 Å². The van der Waals surface area contributed by atoms with Crippen molar-refractivity contribution in [2.24, 2.45) is 0 Å². The molecule has 0 bridgehead atoms. The number of hydrogen-bond donors (Lipinski definition) is 4. The Kier molecular flexibility index (Phi) is 6.36. The minimum absolute atomic E-state index is 0.0167. The molecule has 2 aromatic carbocycles. The number of aromatic nitrogens is 1. The lowest BCUT2D eigenvalue weighted by molar-refractivity contribution is -0.140. The summed E-state index contributed by atoms with van der Waals surface area (Å²) in [4.78, 5) is 39.3. The van der Waals surface area contributed by atoms with Crippen molar-refractivity contribution in [1.29, 1.82) is 0 Å². The number of ether oxygens (including phenoxy) is 1. The van der Waals surface area contributed by atoms with Gasteiger partial charge in [-0.3, -0.25) is 4.79 Å². The molecule has 1 aliphatic rings. The Balaban J connectivity index is 1.36. The van der Waals surface area contributed by atoms with Gasteiger partial charge in [0.15, 0.2) is 23.9 Å². The van der Waals surface area contributed by atoms with Gasteiger partial charge >= 0.3 is 12.1 Å². The molecule has 4 rings (SSSR count). The molecule has 10 heteroatoms. The van der Waals surface area contributed by atoms with Crippen molar-refractivity contribution in [2.75, 3.05) is 13.2 Å². The molecule has 33 heavy (non-hydrogen) atoms. The molecule has 1 heterocycles. The molecule has 0 saturated carbocycles. The first-order valence-corrected chi connectivity index (χ1v) is 10.1. The first kappa shape index (κ1) is 22.0. The Morgan fingerprint density at radius 2 is 1.70 bits per heavy atom.